The van der Waals surface area contributed by atoms with Gasteiger partial charge in [0.2, 0.25) is 5.91 Å². The summed E-state index contributed by atoms with van der Waals surface area (Å²) >= 11 is 3.41. The summed E-state index contributed by atoms with van der Waals surface area (Å²) in [6, 6.07) is 17.5. The summed E-state index contributed by atoms with van der Waals surface area (Å²) in [5, 5.41) is 3.25. The summed E-state index contributed by atoms with van der Waals surface area (Å²) in [5.74, 6) is 0.0892. The van der Waals surface area contributed by atoms with Crippen LogP contribution in [0.25, 0.3) is 0 Å². The second-order valence-electron chi connectivity index (χ2n) is 6.92. The lowest BCUT2D eigenvalue weighted by Gasteiger charge is -2.29. The van der Waals surface area contributed by atoms with Crippen LogP contribution in [0.5, 0.6) is 0 Å². The number of piperazine rings is 1. The highest BCUT2D eigenvalue weighted by molar-refractivity contribution is 9.10. The average Bonchev–Trinajstić information content (AvgIpc) is 2.75. The van der Waals surface area contributed by atoms with E-state index in [9.17, 15) is 9.59 Å². The average molecular weight is 444 g/mol. The van der Waals surface area contributed by atoms with Gasteiger partial charge in [0.1, 0.15) is 0 Å². The number of carbonyl (C=O) groups is 2. The molecule has 3 rings (SSSR count). The van der Waals surface area contributed by atoms with Crippen molar-refractivity contribution in [1.82, 2.24) is 15.1 Å². The monoisotopic (exact) mass is 443 g/mol. The second-order valence-corrected chi connectivity index (χ2v) is 7.83. The molecule has 1 saturated heterocycles. The van der Waals surface area contributed by atoms with Crippen LogP contribution < -0.4 is 5.32 Å². The molecule has 0 unspecified atom stereocenters. The number of amides is 2. The van der Waals surface area contributed by atoms with Crippen molar-refractivity contribution >= 4 is 27.7 Å². The molecule has 2 amide bonds. The van der Waals surface area contributed by atoms with E-state index < -0.39 is 0 Å². The largest absolute Gasteiger partial charge is 0.340 e. The van der Waals surface area contributed by atoms with Gasteiger partial charge in [0.05, 0.1) is 0 Å². The van der Waals surface area contributed by atoms with Gasteiger partial charge in [-0.3, -0.25) is 9.59 Å². The van der Waals surface area contributed by atoms with Gasteiger partial charge in [-0.2, -0.15) is 0 Å². The van der Waals surface area contributed by atoms with E-state index in [1.165, 1.54) is 5.56 Å². The molecule has 0 aromatic heterocycles. The maximum absolute atomic E-state index is 13.0. The number of hydrogen-bond donors (Lipinski definition) is 1. The van der Waals surface area contributed by atoms with E-state index >= 15 is 0 Å². The highest BCUT2D eigenvalue weighted by Crippen LogP contribution is 2.14. The van der Waals surface area contributed by atoms with E-state index in [4.69, 9.17) is 0 Å². The molecule has 0 saturated carbocycles. The number of benzene rings is 2. The summed E-state index contributed by atoms with van der Waals surface area (Å²) in [5.41, 5.74) is 1.83. The van der Waals surface area contributed by atoms with Crippen molar-refractivity contribution in [3.8, 4) is 0 Å². The van der Waals surface area contributed by atoms with E-state index in [-0.39, 0.29) is 11.8 Å². The van der Waals surface area contributed by atoms with Crippen LogP contribution in [-0.2, 0) is 11.2 Å². The zero-order valence-electron chi connectivity index (χ0n) is 15.9. The number of halogens is 1. The Bertz CT molecular complexity index is 774. The standard InChI is InChI=1S/C22H26BrN3O2/c23-20-8-6-19(7-9-20)22(28)26(14-10-18-4-2-1-3-5-18)15-11-21(27)25-16-12-24-13-17-25/h1-9,24H,10-17H2. The third kappa shape index (κ3) is 5.91. The Hall–Kier alpha value is -2.18. The van der Waals surface area contributed by atoms with E-state index in [1.807, 2.05) is 47.4 Å². The van der Waals surface area contributed by atoms with Crippen molar-refractivity contribution in [2.45, 2.75) is 12.8 Å². The van der Waals surface area contributed by atoms with Crippen LogP contribution in [0, 0.1) is 0 Å². The Balaban J connectivity index is 1.65. The zero-order chi connectivity index (χ0) is 19.8. The second kappa shape index (κ2) is 10.4. The summed E-state index contributed by atoms with van der Waals surface area (Å²) < 4.78 is 0.939. The van der Waals surface area contributed by atoms with E-state index in [1.54, 1.807) is 4.90 Å². The molecule has 0 atom stereocenters. The summed E-state index contributed by atoms with van der Waals surface area (Å²) in [6.45, 7) is 4.17. The van der Waals surface area contributed by atoms with Crippen LogP contribution in [0.15, 0.2) is 59.1 Å². The van der Waals surface area contributed by atoms with Crippen LogP contribution in [0.1, 0.15) is 22.3 Å². The first-order chi connectivity index (χ1) is 13.6. The maximum atomic E-state index is 13.0. The van der Waals surface area contributed by atoms with Gasteiger partial charge in [-0.15, -0.1) is 0 Å². The molecule has 148 valence electrons. The number of carbonyl (C=O) groups excluding carboxylic acids is 2. The number of rotatable bonds is 7. The van der Waals surface area contributed by atoms with E-state index in [0.29, 0.717) is 25.1 Å². The van der Waals surface area contributed by atoms with Gasteiger partial charge in [0.25, 0.3) is 5.91 Å². The van der Waals surface area contributed by atoms with Gasteiger partial charge < -0.3 is 15.1 Å². The molecular weight excluding hydrogens is 418 g/mol. The lowest BCUT2D eigenvalue weighted by Crippen LogP contribution is -2.47. The highest BCUT2D eigenvalue weighted by Gasteiger charge is 2.20. The van der Waals surface area contributed by atoms with Crippen LogP contribution >= 0.6 is 15.9 Å². The van der Waals surface area contributed by atoms with Gasteiger partial charge in [-0.1, -0.05) is 46.3 Å². The van der Waals surface area contributed by atoms with Crippen molar-refractivity contribution in [2.24, 2.45) is 0 Å². The SMILES string of the molecule is O=C(CCN(CCc1ccccc1)C(=O)c1ccc(Br)cc1)N1CCNCC1. The zero-order valence-corrected chi connectivity index (χ0v) is 17.5. The molecule has 0 bridgehead atoms. The molecule has 6 heteroatoms. The smallest absolute Gasteiger partial charge is 0.253 e. The summed E-state index contributed by atoms with van der Waals surface area (Å²) in [4.78, 5) is 29.3. The molecule has 1 heterocycles. The molecule has 2 aromatic rings. The molecule has 2 aromatic carbocycles. The minimum Gasteiger partial charge on any atom is -0.340 e. The third-order valence-electron chi connectivity index (χ3n) is 4.96. The highest BCUT2D eigenvalue weighted by atomic mass is 79.9. The number of hydrogen-bond acceptors (Lipinski definition) is 3. The molecule has 1 aliphatic heterocycles. The van der Waals surface area contributed by atoms with Gasteiger partial charge >= 0.3 is 0 Å². The van der Waals surface area contributed by atoms with Gasteiger partial charge in [0, 0.05) is 55.7 Å². The summed E-state index contributed by atoms with van der Waals surface area (Å²) in [7, 11) is 0. The predicted molar refractivity (Wildman–Crippen MR) is 114 cm³/mol. The quantitative estimate of drug-likeness (QED) is 0.715. The molecule has 0 radical (unpaired) electrons. The molecular formula is C22H26BrN3O2. The molecule has 28 heavy (non-hydrogen) atoms. The Labute approximate surface area is 174 Å². The molecule has 1 aliphatic rings. The Morgan fingerprint density at radius 2 is 1.64 bits per heavy atom. The first kappa shape index (κ1) is 20.6. The molecule has 1 fully saturated rings. The summed E-state index contributed by atoms with van der Waals surface area (Å²) in [6.07, 6.45) is 1.13. The van der Waals surface area contributed by atoms with Crippen LogP contribution in [0.4, 0.5) is 0 Å². The normalized spacial score (nSPS) is 14.0. The minimum atomic E-state index is -0.0310. The van der Waals surface area contributed by atoms with Crippen molar-refractivity contribution in [3.63, 3.8) is 0 Å². The Morgan fingerprint density at radius 3 is 2.32 bits per heavy atom. The predicted octanol–water partition coefficient (Wildman–Crippen LogP) is 2.96. The third-order valence-corrected chi connectivity index (χ3v) is 5.49. The lowest BCUT2D eigenvalue weighted by atomic mass is 10.1. The van der Waals surface area contributed by atoms with Crippen molar-refractivity contribution in [2.75, 3.05) is 39.3 Å². The fourth-order valence-corrected chi connectivity index (χ4v) is 3.57. The lowest BCUT2D eigenvalue weighted by molar-refractivity contribution is -0.131. The fourth-order valence-electron chi connectivity index (χ4n) is 3.30. The first-order valence-electron chi connectivity index (χ1n) is 9.71. The molecule has 0 spiro atoms. The topological polar surface area (TPSA) is 52.7 Å². The fraction of sp³-hybridized carbons (Fsp3) is 0.364. The maximum Gasteiger partial charge on any atom is 0.253 e. The van der Waals surface area contributed by atoms with Crippen LogP contribution in [-0.4, -0.2) is 60.9 Å². The van der Waals surface area contributed by atoms with Crippen molar-refractivity contribution in [3.05, 3.63) is 70.2 Å². The molecule has 0 aliphatic carbocycles. The Kier molecular flexibility index (Phi) is 7.62. The molecule has 1 N–H and O–H groups in total. The van der Waals surface area contributed by atoms with Gasteiger partial charge in [0.15, 0.2) is 0 Å². The van der Waals surface area contributed by atoms with Crippen molar-refractivity contribution in [1.29, 1.82) is 0 Å². The number of nitrogens with one attached hydrogen (secondary N) is 1. The molecule has 5 nitrogen and oxygen atoms in total. The van der Waals surface area contributed by atoms with Gasteiger partial charge in [-0.05, 0) is 36.2 Å². The van der Waals surface area contributed by atoms with Crippen molar-refractivity contribution < 1.29 is 9.59 Å². The number of nitrogens with zero attached hydrogens (tertiary/aromatic N) is 2. The van der Waals surface area contributed by atoms with Gasteiger partial charge in [-0.25, -0.2) is 0 Å². The van der Waals surface area contributed by atoms with E-state index in [2.05, 4.69) is 33.4 Å². The minimum absolute atomic E-state index is 0.0310. The Morgan fingerprint density at radius 1 is 0.964 bits per heavy atom. The van der Waals surface area contributed by atoms with E-state index in [0.717, 1.165) is 37.1 Å². The first-order valence-corrected chi connectivity index (χ1v) is 10.5. The van der Waals surface area contributed by atoms with Crippen LogP contribution in [0.3, 0.4) is 0 Å². The van der Waals surface area contributed by atoms with Crippen LogP contribution in [0.2, 0.25) is 0 Å².